The minimum absolute atomic E-state index is 0.0716. The van der Waals surface area contributed by atoms with Gasteiger partial charge < -0.3 is 9.13 Å². The van der Waals surface area contributed by atoms with E-state index in [1.54, 1.807) is 0 Å². The Kier molecular flexibility index (Phi) is 8.67. The van der Waals surface area contributed by atoms with E-state index in [0.717, 1.165) is 5.57 Å². The van der Waals surface area contributed by atoms with Crippen molar-refractivity contribution in [1.29, 1.82) is 0 Å². The van der Waals surface area contributed by atoms with E-state index >= 15 is 0 Å². The molecule has 17 rings (SSSR count). The van der Waals surface area contributed by atoms with Gasteiger partial charge in [-0.15, -0.1) is 0 Å². The van der Waals surface area contributed by atoms with E-state index in [4.69, 9.17) is 6.58 Å². The molecule has 0 radical (unpaired) electrons. The molecule has 0 saturated heterocycles. The number of rotatable bonds is 4. The van der Waals surface area contributed by atoms with Gasteiger partial charge in [-0.05, 0) is 202 Å². The smallest absolute Gasteiger partial charge is 0.0541 e. The van der Waals surface area contributed by atoms with Crippen molar-refractivity contribution >= 4 is 49.2 Å². The van der Waals surface area contributed by atoms with E-state index in [1.807, 2.05) is 0 Å². The minimum Gasteiger partial charge on any atom is -0.309 e. The number of fused-ring (bicyclic) bond motifs is 18. The molecule has 11 aromatic carbocycles. The monoisotopic (exact) mass is 1010 g/mol. The molecule has 79 heavy (non-hydrogen) atoms. The van der Waals surface area contributed by atoms with Crippen molar-refractivity contribution in [3.05, 3.63) is 269 Å². The molecule has 2 aromatic heterocycles. The summed E-state index contributed by atoms with van der Waals surface area (Å²) in [4.78, 5) is 0. The van der Waals surface area contributed by atoms with Crippen molar-refractivity contribution in [3.63, 3.8) is 0 Å². The van der Waals surface area contributed by atoms with Gasteiger partial charge in [0.1, 0.15) is 0 Å². The zero-order valence-corrected chi connectivity index (χ0v) is 45.4. The number of hydrogen-bond acceptors (Lipinski definition) is 0. The zero-order valence-electron chi connectivity index (χ0n) is 45.4. The topological polar surface area (TPSA) is 9.86 Å². The maximum Gasteiger partial charge on any atom is 0.0541 e. The summed E-state index contributed by atoms with van der Waals surface area (Å²) in [5, 5.41) is 5.06. The highest BCUT2D eigenvalue weighted by atomic mass is 15.0. The van der Waals surface area contributed by atoms with Crippen LogP contribution in [-0.2, 0) is 16.2 Å². The van der Waals surface area contributed by atoms with Crippen molar-refractivity contribution < 1.29 is 0 Å². The van der Waals surface area contributed by atoms with Crippen LogP contribution >= 0.6 is 0 Å². The van der Waals surface area contributed by atoms with Gasteiger partial charge in [0.05, 0.1) is 22.1 Å². The lowest BCUT2D eigenvalue weighted by Crippen LogP contribution is -2.15. The average Bonchev–Trinajstić information content (AvgIpc) is 4.45. The number of benzene rings is 11. The molecule has 0 atom stereocenters. The fraction of sp³-hybridized carbons (Fsp3) is 0.117. The third-order valence-corrected chi connectivity index (χ3v) is 19.4. The first-order valence-corrected chi connectivity index (χ1v) is 28.1. The van der Waals surface area contributed by atoms with Crippen LogP contribution in [0.25, 0.3) is 127 Å². The molecule has 4 aliphatic rings. The van der Waals surface area contributed by atoms with Gasteiger partial charge in [0.2, 0.25) is 0 Å². The fourth-order valence-electron chi connectivity index (χ4n) is 15.3. The van der Waals surface area contributed by atoms with Gasteiger partial charge >= 0.3 is 0 Å². The maximum atomic E-state index is 4.81. The van der Waals surface area contributed by atoms with Crippen molar-refractivity contribution in [2.45, 2.75) is 57.8 Å². The lowest BCUT2D eigenvalue weighted by atomic mass is 9.80. The fourth-order valence-corrected chi connectivity index (χ4v) is 15.3. The Morgan fingerprint density at radius 2 is 0.633 bits per heavy atom. The highest BCUT2D eigenvalue weighted by Crippen LogP contribution is 2.56. The standard InChI is InChI=1S/C77H56N2/c1-44-59-36-45(46-26-34-73-63(37-46)57-18-10-14-22-71(57)78(73)49-28-32-54-52-16-8-12-20-65(52)75(2,3)68(54)40-49)24-30-51(59)61-43-70-62(42-60(44)61)56-31-25-48(39-67(56)77(70,6)7)47-27-35-74-64(38-47)58-19-11-15-23-72(58)79(74)50-29-33-55-53-17-9-13-21-66(53)76(4,5)69(55)41-50/h8-43H,1H2,2-7H3. The van der Waals surface area contributed by atoms with Crippen LogP contribution < -0.4 is 0 Å². The summed E-state index contributed by atoms with van der Waals surface area (Å²) in [5.74, 6) is 0. The Labute approximate surface area is 461 Å². The van der Waals surface area contributed by atoms with Crippen LogP contribution in [0.5, 0.6) is 0 Å². The van der Waals surface area contributed by atoms with Gasteiger partial charge in [0.15, 0.2) is 0 Å². The lowest BCUT2D eigenvalue weighted by Gasteiger charge is -2.23. The molecule has 2 heterocycles. The predicted molar refractivity (Wildman–Crippen MR) is 332 cm³/mol. The van der Waals surface area contributed by atoms with Crippen LogP contribution in [-0.4, -0.2) is 9.13 Å². The van der Waals surface area contributed by atoms with Crippen LogP contribution in [0.2, 0.25) is 0 Å². The summed E-state index contributed by atoms with van der Waals surface area (Å²) < 4.78 is 4.93. The number of hydrogen-bond donors (Lipinski definition) is 0. The first-order valence-electron chi connectivity index (χ1n) is 28.1. The highest BCUT2D eigenvalue weighted by molar-refractivity contribution is 6.12. The summed E-state index contributed by atoms with van der Waals surface area (Å²) in [6, 6.07) is 83.1. The maximum absolute atomic E-state index is 4.81. The molecular formula is C77H56N2. The largest absolute Gasteiger partial charge is 0.309 e. The average molecular weight is 1010 g/mol. The van der Waals surface area contributed by atoms with E-state index in [-0.39, 0.29) is 16.2 Å². The summed E-state index contributed by atoms with van der Waals surface area (Å²) in [6.45, 7) is 19.1. The molecule has 0 spiro atoms. The first-order chi connectivity index (χ1) is 38.3. The van der Waals surface area contributed by atoms with E-state index in [2.05, 4.69) is 269 Å². The van der Waals surface area contributed by atoms with Gasteiger partial charge in [0.25, 0.3) is 0 Å². The number of aromatic nitrogens is 2. The Morgan fingerprint density at radius 3 is 1.20 bits per heavy atom. The second kappa shape index (κ2) is 15.3. The Hall–Kier alpha value is -9.24. The molecule has 13 aromatic rings. The lowest BCUT2D eigenvalue weighted by molar-refractivity contribution is 0.660. The Morgan fingerprint density at radius 1 is 0.253 bits per heavy atom. The molecular weight excluding hydrogens is 953 g/mol. The highest BCUT2D eigenvalue weighted by Gasteiger charge is 2.40. The Bertz CT molecular complexity index is 4940. The van der Waals surface area contributed by atoms with Crippen molar-refractivity contribution in [2.24, 2.45) is 0 Å². The van der Waals surface area contributed by atoms with Crippen molar-refractivity contribution in [2.75, 3.05) is 0 Å². The van der Waals surface area contributed by atoms with Gasteiger partial charge in [-0.25, -0.2) is 0 Å². The number of nitrogens with zero attached hydrogens (tertiary/aromatic N) is 2. The molecule has 374 valence electrons. The second-order valence-electron chi connectivity index (χ2n) is 24.5. The van der Waals surface area contributed by atoms with Gasteiger partial charge in [-0.2, -0.15) is 0 Å². The predicted octanol–water partition coefficient (Wildman–Crippen LogP) is 20.2. The molecule has 0 unspecified atom stereocenters. The Balaban J connectivity index is 0.702. The van der Waals surface area contributed by atoms with Gasteiger partial charge in [-0.1, -0.05) is 182 Å². The molecule has 0 N–H and O–H groups in total. The quantitative estimate of drug-likeness (QED) is 0.166. The third-order valence-electron chi connectivity index (χ3n) is 19.4. The van der Waals surface area contributed by atoms with E-state index in [0.29, 0.717) is 0 Å². The SMILES string of the molecule is C=C1c2cc(-c3ccc4c(c3)c3ccccc3n4-c3ccc4c(c3)C(C)(C)c3ccccc3-4)ccc2-c2cc3c(cc21)-c1ccc(-c2ccc4c(c2)c2ccccc2n4-c2ccc4c(c2)C(C)(C)c2ccccc2-4)cc1C3(C)C. The van der Waals surface area contributed by atoms with Gasteiger partial charge in [-0.3, -0.25) is 0 Å². The van der Waals surface area contributed by atoms with E-state index in [9.17, 15) is 0 Å². The van der Waals surface area contributed by atoms with Crippen LogP contribution in [0.1, 0.15) is 86.1 Å². The molecule has 0 saturated carbocycles. The summed E-state index contributed by atoms with van der Waals surface area (Å²) in [5.41, 5.74) is 34.3. The zero-order chi connectivity index (χ0) is 53.0. The molecule has 2 nitrogen and oxygen atoms in total. The number of para-hydroxylation sites is 2. The van der Waals surface area contributed by atoms with Crippen LogP contribution in [0, 0.1) is 0 Å². The van der Waals surface area contributed by atoms with Crippen molar-refractivity contribution in [1.82, 2.24) is 9.13 Å². The molecule has 0 amide bonds. The molecule has 4 aliphatic carbocycles. The van der Waals surface area contributed by atoms with E-state index in [1.165, 1.54) is 166 Å². The normalized spacial score (nSPS) is 15.3. The van der Waals surface area contributed by atoms with Gasteiger partial charge in [0, 0.05) is 49.2 Å². The third kappa shape index (κ3) is 5.86. The van der Waals surface area contributed by atoms with Crippen molar-refractivity contribution in [3.8, 4) is 78.1 Å². The van der Waals surface area contributed by atoms with Crippen LogP contribution in [0.15, 0.2) is 225 Å². The first kappa shape index (κ1) is 44.8. The summed E-state index contributed by atoms with van der Waals surface area (Å²) >= 11 is 0. The molecule has 0 bridgehead atoms. The molecule has 0 fully saturated rings. The second-order valence-corrected chi connectivity index (χ2v) is 24.5. The molecule has 2 heteroatoms. The van der Waals surface area contributed by atoms with E-state index < -0.39 is 0 Å². The van der Waals surface area contributed by atoms with Crippen LogP contribution in [0.3, 0.4) is 0 Å². The summed E-state index contributed by atoms with van der Waals surface area (Å²) in [6.07, 6.45) is 0. The molecule has 0 aliphatic heterocycles. The minimum atomic E-state index is -0.198. The van der Waals surface area contributed by atoms with Crippen LogP contribution in [0.4, 0.5) is 0 Å². The summed E-state index contributed by atoms with van der Waals surface area (Å²) in [7, 11) is 0.